The molecule has 2 aromatic carbocycles. The van der Waals surface area contributed by atoms with Crippen LogP contribution in [0.4, 0.5) is 5.69 Å². The van der Waals surface area contributed by atoms with Crippen LogP contribution in [0.1, 0.15) is 40.7 Å². The smallest absolute Gasteiger partial charge is 0.261 e. The lowest BCUT2D eigenvalue weighted by molar-refractivity contribution is -0.134. The molecule has 5 rings (SSSR count). The third-order valence-corrected chi connectivity index (χ3v) is 8.89. The van der Waals surface area contributed by atoms with Gasteiger partial charge < -0.3 is 19.7 Å². The Balaban J connectivity index is 1.21. The van der Waals surface area contributed by atoms with E-state index in [9.17, 15) is 18.0 Å². The molecule has 0 unspecified atom stereocenters. The first-order valence-electron chi connectivity index (χ1n) is 13.6. The van der Waals surface area contributed by atoms with Gasteiger partial charge in [-0.3, -0.25) is 19.3 Å². The summed E-state index contributed by atoms with van der Waals surface area (Å²) in [5.74, 6) is -0.0233. The first-order valence-corrected chi connectivity index (χ1v) is 15.1. The van der Waals surface area contributed by atoms with Crippen LogP contribution in [0.25, 0.3) is 0 Å². The fourth-order valence-electron chi connectivity index (χ4n) is 5.20. The molecule has 1 aromatic heterocycles. The molecule has 3 aromatic rings. The molecule has 0 saturated carbocycles. The number of carbonyl (C=O) groups excluding carboxylic acids is 2. The third kappa shape index (κ3) is 6.86. The molecular formula is C30H34N4O6S. The summed E-state index contributed by atoms with van der Waals surface area (Å²) in [7, 11) is -2.11. The van der Waals surface area contributed by atoms with E-state index >= 15 is 0 Å². The summed E-state index contributed by atoms with van der Waals surface area (Å²) in [5, 5.41) is 2.95. The highest BCUT2D eigenvalue weighted by Gasteiger charge is 2.39. The van der Waals surface area contributed by atoms with Crippen LogP contribution in [-0.2, 0) is 26.0 Å². The number of benzene rings is 2. The zero-order valence-corrected chi connectivity index (χ0v) is 23.9. The first-order chi connectivity index (χ1) is 19.7. The number of nitrogens with one attached hydrogen (secondary N) is 2. The highest BCUT2D eigenvalue weighted by molar-refractivity contribution is 7.92. The molecule has 1 fully saturated rings. The van der Waals surface area contributed by atoms with Gasteiger partial charge >= 0.3 is 0 Å². The topological polar surface area (TPSA) is 127 Å². The lowest BCUT2D eigenvalue weighted by Gasteiger charge is -2.42. The monoisotopic (exact) mass is 578 g/mol. The molecule has 1 saturated heterocycles. The van der Waals surface area contributed by atoms with Crippen molar-refractivity contribution in [2.75, 3.05) is 24.9 Å². The Morgan fingerprint density at radius 1 is 1.07 bits per heavy atom. The molecule has 2 amide bonds. The quantitative estimate of drug-likeness (QED) is 0.420. The van der Waals surface area contributed by atoms with Crippen LogP contribution in [0, 0.1) is 6.92 Å². The predicted molar refractivity (Wildman–Crippen MR) is 153 cm³/mol. The molecule has 2 N–H and O–H groups in total. The SMILES string of the molecule is Cc1ccc(S(=O)(=O)Nc2ccc3c(c2)C(=O)N(C)[C@@H]2CC[C@@H](CC(=O)NCCc4ccncc4)O[C@@H]2CO3)cc1. The number of fused-ring (bicyclic) bond motifs is 2. The number of aromatic nitrogens is 1. The van der Waals surface area contributed by atoms with Gasteiger partial charge in [0, 0.05) is 31.7 Å². The van der Waals surface area contributed by atoms with E-state index in [1.165, 1.54) is 18.2 Å². The zero-order chi connectivity index (χ0) is 29.0. The van der Waals surface area contributed by atoms with Crippen LogP contribution >= 0.6 is 0 Å². The van der Waals surface area contributed by atoms with Gasteiger partial charge in [-0.05, 0) is 74.2 Å². The van der Waals surface area contributed by atoms with Crippen LogP contribution in [0.15, 0.2) is 71.9 Å². The van der Waals surface area contributed by atoms with E-state index in [-0.39, 0.29) is 53.1 Å². The van der Waals surface area contributed by atoms with Crippen molar-refractivity contribution in [3.05, 3.63) is 83.7 Å². The second-order valence-corrected chi connectivity index (χ2v) is 12.1. The minimum absolute atomic E-state index is 0.0790. The number of aryl methyl sites for hydroxylation is 1. The highest BCUT2D eigenvalue weighted by atomic mass is 32.2. The lowest BCUT2D eigenvalue weighted by atomic mass is 9.94. The van der Waals surface area contributed by atoms with Crippen molar-refractivity contribution < 1.29 is 27.5 Å². The molecule has 10 nitrogen and oxygen atoms in total. The average molecular weight is 579 g/mol. The zero-order valence-electron chi connectivity index (χ0n) is 23.1. The molecule has 0 aliphatic carbocycles. The van der Waals surface area contributed by atoms with Gasteiger partial charge in [-0.25, -0.2) is 8.42 Å². The standard InChI is InChI=1S/C30H34N4O6S/c1-20-3-7-24(8-4-20)41(37,38)33-22-5-10-27-25(17-22)30(36)34(2)26-9-6-23(40-28(26)19-39-27)18-29(35)32-16-13-21-11-14-31-15-12-21/h3-5,7-8,10-12,14-15,17,23,26,28,33H,6,9,13,16,18-19H2,1-2H3,(H,32,35)/t23-,26+,28+/m0/s1. The van der Waals surface area contributed by atoms with Crippen molar-refractivity contribution in [3.8, 4) is 5.75 Å². The van der Waals surface area contributed by atoms with Gasteiger partial charge in [0.15, 0.2) is 0 Å². The minimum Gasteiger partial charge on any atom is -0.490 e. The maximum absolute atomic E-state index is 13.5. The number of likely N-dealkylation sites (N-methyl/N-ethyl adjacent to an activating group) is 1. The molecule has 41 heavy (non-hydrogen) atoms. The first kappa shape index (κ1) is 28.6. The predicted octanol–water partition coefficient (Wildman–Crippen LogP) is 3.32. The van der Waals surface area contributed by atoms with Crippen molar-refractivity contribution in [2.45, 2.75) is 55.8 Å². The number of anilines is 1. The summed E-state index contributed by atoms with van der Waals surface area (Å²) < 4.78 is 40.6. The van der Waals surface area contributed by atoms with Gasteiger partial charge in [0.25, 0.3) is 15.9 Å². The number of rotatable bonds is 8. The Labute approximate surface area is 240 Å². The largest absolute Gasteiger partial charge is 0.490 e. The highest BCUT2D eigenvalue weighted by Crippen LogP contribution is 2.33. The van der Waals surface area contributed by atoms with Gasteiger partial charge in [0.05, 0.1) is 29.0 Å². The van der Waals surface area contributed by atoms with Crippen molar-refractivity contribution in [1.82, 2.24) is 15.2 Å². The van der Waals surface area contributed by atoms with Crippen LogP contribution in [0.5, 0.6) is 5.75 Å². The summed E-state index contributed by atoms with van der Waals surface area (Å²) in [6.45, 7) is 2.61. The molecule has 0 spiro atoms. The Bertz CT molecular complexity index is 1500. The molecule has 216 valence electrons. The Kier molecular flexibility index (Phi) is 8.55. The minimum atomic E-state index is -3.83. The summed E-state index contributed by atoms with van der Waals surface area (Å²) in [6.07, 6.45) is 5.01. The number of sulfonamides is 1. The summed E-state index contributed by atoms with van der Waals surface area (Å²) in [6, 6.07) is 14.8. The van der Waals surface area contributed by atoms with E-state index in [0.29, 0.717) is 25.1 Å². The van der Waals surface area contributed by atoms with Gasteiger partial charge in [-0.1, -0.05) is 17.7 Å². The molecule has 2 aliphatic rings. The number of carbonyl (C=O) groups is 2. The van der Waals surface area contributed by atoms with E-state index in [1.54, 1.807) is 48.6 Å². The second kappa shape index (κ2) is 12.3. The second-order valence-electron chi connectivity index (χ2n) is 10.5. The van der Waals surface area contributed by atoms with Crippen LogP contribution < -0.4 is 14.8 Å². The fourth-order valence-corrected chi connectivity index (χ4v) is 6.25. The molecule has 0 radical (unpaired) electrons. The van der Waals surface area contributed by atoms with Crippen LogP contribution in [0.2, 0.25) is 0 Å². The van der Waals surface area contributed by atoms with E-state index < -0.39 is 16.1 Å². The molecule has 3 heterocycles. The van der Waals surface area contributed by atoms with Crippen molar-refractivity contribution >= 4 is 27.5 Å². The number of amides is 2. The Hall–Kier alpha value is -3.96. The van der Waals surface area contributed by atoms with Gasteiger partial charge in [0.2, 0.25) is 5.91 Å². The number of ether oxygens (including phenoxy) is 2. The number of nitrogens with zero attached hydrogens (tertiary/aromatic N) is 2. The third-order valence-electron chi connectivity index (χ3n) is 7.49. The molecule has 0 bridgehead atoms. The van der Waals surface area contributed by atoms with Gasteiger partial charge in [-0.15, -0.1) is 0 Å². The normalized spacial score (nSPS) is 20.6. The molecule has 11 heteroatoms. The summed E-state index contributed by atoms with van der Waals surface area (Å²) in [4.78, 5) is 31.8. The molecule has 3 atom stereocenters. The Morgan fingerprint density at radius 3 is 2.59 bits per heavy atom. The van der Waals surface area contributed by atoms with Gasteiger partial charge in [0.1, 0.15) is 18.5 Å². The Morgan fingerprint density at radius 2 is 1.83 bits per heavy atom. The van der Waals surface area contributed by atoms with E-state index in [2.05, 4.69) is 15.0 Å². The summed E-state index contributed by atoms with van der Waals surface area (Å²) in [5.41, 5.74) is 2.59. The lowest BCUT2D eigenvalue weighted by Crippen LogP contribution is -2.54. The number of pyridine rings is 1. The number of hydrogen-bond donors (Lipinski definition) is 2. The molecule has 2 aliphatic heterocycles. The van der Waals surface area contributed by atoms with Crippen molar-refractivity contribution in [2.24, 2.45) is 0 Å². The number of hydrogen-bond acceptors (Lipinski definition) is 7. The van der Waals surface area contributed by atoms with E-state index in [4.69, 9.17) is 9.47 Å². The van der Waals surface area contributed by atoms with Crippen LogP contribution in [-0.4, -0.2) is 68.6 Å². The average Bonchev–Trinajstić information content (AvgIpc) is 2.96. The van der Waals surface area contributed by atoms with E-state index in [1.807, 2.05) is 19.1 Å². The summed E-state index contributed by atoms with van der Waals surface area (Å²) >= 11 is 0. The maximum atomic E-state index is 13.5. The molecular weight excluding hydrogens is 544 g/mol. The maximum Gasteiger partial charge on any atom is 0.261 e. The van der Waals surface area contributed by atoms with E-state index in [0.717, 1.165) is 17.5 Å². The van der Waals surface area contributed by atoms with Crippen LogP contribution in [0.3, 0.4) is 0 Å². The fraction of sp³-hybridized carbons (Fsp3) is 0.367. The van der Waals surface area contributed by atoms with Gasteiger partial charge in [-0.2, -0.15) is 0 Å². The van der Waals surface area contributed by atoms with Crippen molar-refractivity contribution in [1.29, 1.82) is 0 Å². The van der Waals surface area contributed by atoms with Crippen molar-refractivity contribution in [3.63, 3.8) is 0 Å².